The molecule has 1 aliphatic rings. The third-order valence-corrected chi connectivity index (χ3v) is 6.89. The van der Waals surface area contributed by atoms with Gasteiger partial charge in [0.15, 0.2) is 0 Å². The number of morpholine rings is 1. The summed E-state index contributed by atoms with van der Waals surface area (Å²) in [5, 5.41) is 2.90. The third kappa shape index (κ3) is 5.91. The standard InChI is InChI=1S/C25H27N3O4S/c1-19-2-12-24(13-3-19)33(30,31)27-22-8-6-21(7-9-22)25(29)26-18-20-4-10-23(11-5-20)28-14-16-32-17-15-28/h2-13,27H,14-18H2,1H3,(H,26,29). The van der Waals surface area contributed by atoms with Crippen molar-refractivity contribution in [3.05, 3.63) is 89.5 Å². The minimum absolute atomic E-state index is 0.189. The molecular weight excluding hydrogens is 438 g/mol. The quantitative estimate of drug-likeness (QED) is 0.557. The Morgan fingerprint density at radius 3 is 2.18 bits per heavy atom. The number of hydrogen-bond acceptors (Lipinski definition) is 5. The molecule has 1 fully saturated rings. The van der Waals surface area contributed by atoms with E-state index in [0.717, 1.165) is 43.1 Å². The van der Waals surface area contributed by atoms with Gasteiger partial charge in [0, 0.05) is 36.6 Å². The van der Waals surface area contributed by atoms with E-state index in [1.807, 2.05) is 19.1 Å². The second-order valence-electron chi connectivity index (χ2n) is 7.94. The zero-order valence-corrected chi connectivity index (χ0v) is 19.3. The summed E-state index contributed by atoms with van der Waals surface area (Å²) in [6.07, 6.45) is 0. The molecule has 0 saturated carbocycles. The van der Waals surface area contributed by atoms with Gasteiger partial charge in [-0.1, -0.05) is 29.8 Å². The molecule has 0 bridgehead atoms. The van der Waals surface area contributed by atoms with Crippen molar-refractivity contribution in [1.29, 1.82) is 0 Å². The first kappa shape index (κ1) is 22.8. The Bertz CT molecular complexity index is 1190. The number of anilines is 2. The number of benzene rings is 3. The molecule has 7 nitrogen and oxygen atoms in total. The minimum Gasteiger partial charge on any atom is -0.378 e. The molecule has 3 aromatic rings. The molecule has 1 saturated heterocycles. The lowest BCUT2D eigenvalue weighted by atomic mass is 10.1. The summed E-state index contributed by atoms with van der Waals surface area (Å²) in [5.41, 5.74) is 3.99. The predicted octanol–water partition coefficient (Wildman–Crippen LogP) is 3.56. The first-order valence-electron chi connectivity index (χ1n) is 10.8. The van der Waals surface area contributed by atoms with Crippen LogP contribution in [0.5, 0.6) is 0 Å². The highest BCUT2D eigenvalue weighted by atomic mass is 32.2. The highest BCUT2D eigenvalue weighted by molar-refractivity contribution is 7.92. The SMILES string of the molecule is Cc1ccc(S(=O)(=O)Nc2ccc(C(=O)NCc3ccc(N4CCOCC4)cc3)cc2)cc1. The average Bonchev–Trinajstić information content (AvgIpc) is 2.84. The number of nitrogens with one attached hydrogen (secondary N) is 2. The Kier molecular flexibility index (Phi) is 6.96. The number of sulfonamides is 1. The third-order valence-electron chi connectivity index (χ3n) is 5.50. The summed E-state index contributed by atoms with van der Waals surface area (Å²) in [7, 11) is -3.68. The molecule has 0 aliphatic carbocycles. The lowest BCUT2D eigenvalue weighted by Gasteiger charge is -2.28. The maximum absolute atomic E-state index is 12.5. The second-order valence-corrected chi connectivity index (χ2v) is 9.63. The first-order chi connectivity index (χ1) is 15.9. The molecule has 0 atom stereocenters. The monoisotopic (exact) mass is 465 g/mol. The molecule has 0 radical (unpaired) electrons. The number of aryl methyl sites for hydroxylation is 1. The van der Waals surface area contributed by atoms with E-state index in [2.05, 4.69) is 27.1 Å². The summed E-state index contributed by atoms with van der Waals surface area (Å²) < 4.78 is 33.0. The highest BCUT2D eigenvalue weighted by Gasteiger charge is 2.15. The summed E-state index contributed by atoms with van der Waals surface area (Å²) in [5.74, 6) is -0.222. The zero-order chi connectivity index (χ0) is 23.3. The van der Waals surface area contributed by atoms with Crippen LogP contribution in [0.25, 0.3) is 0 Å². The van der Waals surface area contributed by atoms with Crippen LogP contribution in [0.1, 0.15) is 21.5 Å². The second kappa shape index (κ2) is 10.1. The van der Waals surface area contributed by atoms with Crippen LogP contribution >= 0.6 is 0 Å². The molecule has 1 aliphatic heterocycles. The molecule has 0 spiro atoms. The number of hydrogen-bond donors (Lipinski definition) is 2. The maximum atomic E-state index is 12.5. The Balaban J connectivity index is 1.32. The fourth-order valence-electron chi connectivity index (χ4n) is 3.55. The molecule has 3 aromatic carbocycles. The van der Waals surface area contributed by atoms with Crippen LogP contribution in [0.15, 0.2) is 77.7 Å². The number of carbonyl (C=O) groups excluding carboxylic acids is 1. The van der Waals surface area contributed by atoms with Gasteiger partial charge in [-0.3, -0.25) is 9.52 Å². The van der Waals surface area contributed by atoms with Crippen LogP contribution in [-0.2, 0) is 21.3 Å². The van der Waals surface area contributed by atoms with Crippen LogP contribution < -0.4 is 14.9 Å². The van der Waals surface area contributed by atoms with Crippen LogP contribution in [0.4, 0.5) is 11.4 Å². The topological polar surface area (TPSA) is 87.7 Å². The van der Waals surface area contributed by atoms with E-state index in [-0.39, 0.29) is 10.8 Å². The fraction of sp³-hybridized carbons (Fsp3) is 0.240. The number of ether oxygens (including phenoxy) is 1. The van der Waals surface area contributed by atoms with E-state index in [9.17, 15) is 13.2 Å². The van der Waals surface area contributed by atoms with E-state index < -0.39 is 10.0 Å². The predicted molar refractivity (Wildman–Crippen MR) is 129 cm³/mol. The normalized spacial score (nSPS) is 14.0. The van der Waals surface area contributed by atoms with Crippen molar-refractivity contribution < 1.29 is 17.9 Å². The van der Waals surface area contributed by atoms with Crippen molar-refractivity contribution in [3.8, 4) is 0 Å². The van der Waals surface area contributed by atoms with E-state index in [1.165, 1.54) is 0 Å². The zero-order valence-electron chi connectivity index (χ0n) is 18.5. The lowest BCUT2D eigenvalue weighted by molar-refractivity contribution is 0.0951. The molecule has 8 heteroatoms. The molecule has 2 N–H and O–H groups in total. The van der Waals surface area contributed by atoms with Crippen LogP contribution in [0.3, 0.4) is 0 Å². The number of rotatable bonds is 7. The highest BCUT2D eigenvalue weighted by Crippen LogP contribution is 2.18. The smallest absolute Gasteiger partial charge is 0.261 e. The van der Waals surface area contributed by atoms with Gasteiger partial charge in [-0.15, -0.1) is 0 Å². The van der Waals surface area contributed by atoms with Gasteiger partial charge in [-0.05, 0) is 61.0 Å². The van der Waals surface area contributed by atoms with Gasteiger partial charge in [-0.25, -0.2) is 8.42 Å². The van der Waals surface area contributed by atoms with E-state index in [1.54, 1.807) is 48.5 Å². The number of carbonyl (C=O) groups is 1. The van der Waals surface area contributed by atoms with Crippen molar-refractivity contribution in [3.63, 3.8) is 0 Å². The Labute approximate surface area is 194 Å². The van der Waals surface area contributed by atoms with Crippen molar-refractivity contribution in [2.45, 2.75) is 18.4 Å². The Hall–Kier alpha value is -3.36. The van der Waals surface area contributed by atoms with Gasteiger partial charge in [-0.2, -0.15) is 0 Å². The minimum atomic E-state index is -3.68. The molecule has 1 heterocycles. The van der Waals surface area contributed by atoms with E-state index in [4.69, 9.17) is 4.74 Å². The Morgan fingerprint density at radius 2 is 1.55 bits per heavy atom. The molecule has 0 aromatic heterocycles. The van der Waals surface area contributed by atoms with Crippen molar-refractivity contribution in [2.75, 3.05) is 35.9 Å². The Morgan fingerprint density at radius 1 is 0.909 bits per heavy atom. The number of nitrogens with zero attached hydrogens (tertiary/aromatic N) is 1. The van der Waals surface area contributed by atoms with Gasteiger partial charge in [0.25, 0.3) is 15.9 Å². The van der Waals surface area contributed by atoms with Crippen molar-refractivity contribution in [2.24, 2.45) is 0 Å². The summed E-state index contributed by atoms with van der Waals surface area (Å²) >= 11 is 0. The maximum Gasteiger partial charge on any atom is 0.261 e. The lowest BCUT2D eigenvalue weighted by Crippen LogP contribution is -2.36. The van der Waals surface area contributed by atoms with Crippen molar-refractivity contribution in [1.82, 2.24) is 5.32 Å². The van der Waals surface area contributed by atoms with E-state index >= 15 is 0 Å². The summed E-state index contributed by atoms with van der Waals surface area (Å²) in [6, 6.07) is 21.1. The summed E-state index contributed by atoms with van der Waals surface area (Å²) in [4.78, 5) is 15.0. The van der Waals surface area contributed by atoms with Crippen LogP contribution in [-0.4, -0.2) is 40.6 Å². The average molecular weight is 466 g/mol. The van der Waals surface area contributed by atoms with Crippen molar-refractivity contribution >= 4 is 27.3 Å². The first-order valence-corrected chi connectivity index (χ1v) is 12.3. The van der Waals surface area contributed by atoms with Gasteiger partial charge < -0.3 is 15.0 Å². The molecular formula is C25H27N3O4S. The van der Waals surface area contributed by atoms with E-state index in [0.29, 0.717) is 17.8 Å². The van der Waals surface area contributed by atoms with Crippen LogP contribution in [0.2, 0.25) is 0 Å². The molecule has 4 rings (SSSR count). The van der Waals surface area contributed by atoms with Gasteiger partial charge in [0.2, 0.25) is 0 Å². The fourth-order valence-corrected chi connectivity index (χ4v) is 4.61. The largest absolute Gasteiger partial charge is 0.378 e. The molecule has 172 valence electrons. The van der Waals surface area contributed by atoms with Gasteiger partial charge >= 0.3 is 0 Å². The summed E-state index contributed by atoms with van der Waals surface area (Å²) in [6.45, 7) is 5.55. The number of amides is 1. The molecule has 33 heavy (non-hydrogen) atoms. The molecule has 1 amide bonds. The van der Waals surface area contributed by atoms with Crippen LogP contribution in [0, 0.1) is 6.92 Å². The van der Waals surface area contributed by atoms with Gasteiger partial charge in [0.1, 0.15) is 0 Å². The van der Waals surface area contributed by atoms with Gasteiger partial charge in [0.05, 0.1) is 18.1 Å². The molecule has 0 unspecified atom stereocenters.